The Balaban J connectivity index is 1.61. The third-order valence-corrected chi connectivity index (χ3v) is 5.72. The number of carbonyl (C=O) groups excluding carboxylic acids is 3. The fourth-order valence-electron chi connectivity index (χ4n) is 2.87. The van der Waals surface area contributed by atoms with Crippen LogP contribution in [0.3, 0.4) is 0 Å². The number of carboxylic acid groups (broad SMARTS) is 1. The van der Waals surface area contributed by atoms with Crippen molar-refractivity contribution in [2.75, 3.05) is 18.5 Å². The number of thiocarbonyl (C=S) groups is 1. The maximum Gasteiger partial charge on any atom is 0.266 e. The van der Waals surface area contributed by atoms with Crippen LogP contribution in [0.25, 0.3) is 6.08 Å². The molecule has 0 aliphatic carbocycles. The second-order valence-electron chi connectivity index (χ2n) is 6.47. The first-order chi connectivity index (χ1) is 14.9. The van der Waals surface area contributed by atoms with Crippen LogP contribution in [0, 0.1) is 0 Å². The average Bonchev–Trinajstić information content (AvgIpc) is 3.01. The number of carbonyl (C=O) groups is 3. The van der Waals surface area contributed by atoms with Crippen molar-refractivity contribution in [1.29, 1.82) is 0 Å². The van der Waals surface area contributed by atoms with E-state index in [0.29, 0.717) is 15.8 Å². The van der Waals surface area contributed by atoms with E-state index in [1.807, 2.05) is 31.2 Å². The SMILES string of the molecule is CCOc1ccc(/C=C2\SC(=S)N(CCC(=O)Nc3ccccc3C(=O)[O-])C2=O)cc1. The van der Waals surface area contributed by atoms with E-state index in [1.165, 1.54) is 34.9 Å². The molecule has 1 heterocycles. The summed E-state index contributed by atoms with van der Waals surface area (Å²) < 4.78 is 5.77. The summed E-state index contributed by atoms with van der Waals surface area (Å²) in [6, 6.07) is 13.3. The molecule has 160 valence electrons. The van der Waals surface area contributed by atoms with Gasteiger partial charge in [0.2, 0.25) is 5.91 Å². The summed E-state index contributed by atoms with van der Waals surface area (Å²) in [5.41, 5.74) is 0.869. The first-order valence-electron chi connectivity index (χ1n) is 9.47. The lowest BCUT2D eigenvalue weighted by atomic mass is 10.1. The Labute approximate surface area is 189 Å². The molecule has 31 heavy (non-hydrogen) atoms. The van der Waals surface area contributed by atoms with Crippen molar-refractivity contribution < 1.29 is 24.2 Å². The monoisotopic (exact) mass is 455 g/mol. The van der Waals surface area contributed by atoms with Gasteiger partial charge in [-0.2, -0.15) is 0 Å². The van der Waals surface area contributed by atoms with Crippen molar-refractivity contribution in [1.82, 2.24) is 4.90 Å². The molecule has 9 heteroatoms. The smallest absolute Gasteiger partial charge is 0.266 e. The van der Waals surface area contributed by atoms with E-state index in [9.17, 15) is 19.5 Å². The Morgan fingerprint density at radius 1 is 1.19 bits per heavy atom. The quantitative estimate of drug-likeness (QED) is 0.483. The third-order valence-electron chi connectivity index (χ3n) is 4.35. The highest BCUT2D eigenvalue weighted by atomic mass is 32.2. The lowest BCUT2D eigenvalue weighted by Crippen LogP contribution is -2.32. The normalized spacial score (nSPS) is 14.7. The van der Waals surface area contributed by atoms with Crippen LogP contribution < -0.4 is 15.2 Å². The Morgan fingerprint density at radius 2 is 1.90 bits per heavy atom. The Kier molecular flexibility index (Phi) is 7.43. The molecule has 0 unspecified atom stereocenters. The number of benzene rings is 2. The number of anilines is 1. The summed E-state index contributed by atoms with van der Waals surface area (Å²) in [6.07, 6.45) is 1.70. The van der Waals surface area contributed by atoms with Gasteiger partial charge in [0.15, 0.2) is 0 Å². The summed E-state index contributed by atoms with van der Waals surface area (Å²) in [6.45, 7) is 2.57. The second kappa shape index (κ2) is 10.2. The standard InChI is InChI=1S/C22H20N2O5S2/c1-2-29-15-9-7-14(8-10-15)13-18-20(26)24(22(30)31-18)12-11-19(25)23-17-6-4-3-5-16(17)21(27)28/h3-10,13H,2,11-12H2,1H3,(H,23,25)(H,27,28)/p-1/b18-13-. The summed E-state index contributed by atoms with van der Waals surface area (Å²) >= 11 is 6.47. The molecule has 1 saturated heterocycles. The first-order valence-corrected chi connectivity index (χ1v) is 10.7. The number of hydrogen-bond donors (Lipinski definition) is 1. The number of para-hydroxylation sites is 1. The lowest BCUT2D eigenvalue weighted by Gasteiger charge is -2.15. The van der Waals surface area contributed by atoms with Crippen molar-refractivity contribution in [2.24, 2.45) is 0 Å². The van der Waals surface area contributed by atoms with Gasteiger partial charge in [-0.1, -0.05) is 54.3 Å². The minimum absolute atomic E-state index is 0.0375. The molecular weight excluding hydrogens is 436 g/mol. The van der Waals surface area contributed by atoms with Crippen molar-refractivity contribution in [3.05, 3.63) is 64.6 Å². The molecule has 1 fully saturated rings. The molecule has 0 aromatic heterocycles. The van der Waals surface area contributed by atoms with Crippen LogP contribution >= 0.6 is 24.0 Å². The molecule has 1 aliphatic heterocycles. The highest BCUT2D eigenvalue weighted by molar-refractivity contribution is 8.26. The molecule has 0 spiro atoms. The predicted octanol–water partition coefficient (Wildman–Crippen LogP) is 2.68. The van der Waals surface area contributed by atoms with Gasteiger partial charge < -0.3 is 20.0 Å². The van der Waals surface area contributed by atoms with E-state index in [0.717, 1.165) is 11.3 Å². The van der Waals surface area contributed by atoms with Crippen LogP contribution in [-0.4, -0.2) is 40.2 Å². The third kappa shape index (κ3) is 5.71. The van der Waals surface area contributed by atoms with Crippen LogP contribution in [-0.2, 0) is 9.59 Å². The minimum Gasteiger partial charge on any atom is -0.545 e. The van der Waals surface area contributed by atoms with Crippen LogP contribution in [0.15, 0.2) is 53.4 Å². The van der Waals surface area contributed by atoms with Crippen molar-refractivity contribution in [2.45, 2.75) is 13.3 Å². The topological polar surface area (TPSA) is 98.8 Å². The van der Waals surface area contributed by atoms with E-state index >= 15 is 0 Å². The van der Waals surface area contributed by atoms with Gasteiger partial charge >= 0.3 is 0 Å². The van der Waals surface area contributed by atoms with Crippen molar-refractivity contribution >= 4 is 57.8 Å². The Bertz CT molecular complexity index is 1050. The molecule has 0 bridgehead atoms. The zero-order chi connectivity index (χ0) is 22.4. The average molecular weight is 456 g/mol. The van der Waals surface area contributed by atoms with Gasteiger partial charge in [-0.05, 0) is 36.8 Å². The van der Waals surface area contributed by atoms with E-state index in [2.05, 4.69) is 5.32 Å². The number of rotatable bonds is 8. The van der Waals surface area contributed by atoms with Crippen LogP contribution in [0.2, 0.25) is 0 Å². The molecule has 1 aliphatic rings. The number of nitrogens with one attached hydrogen (secondary N) is 1. The largest absolute Gasteiger partial charge is 0.545 e. The van der Waals surface area contributed by atoms with Crippen molar-refractivity contribution in [3.63, 3.8) is 0 Å². The zero-order valence-electron chi connectivity index (χ0n) is 16.6. The van der Waals surface area contributed by atoms with Crippen LogP contribution in [0.1, 0.15) is 29.3 Å². The Hall–Kier alpha value is -3.17. The zero-order valence-corrected chi connectivity index (χ0v) is 18.3. The molecule has 0 radical (unpaired) electrons. The van der Waals surface area contributed by atoms with Crippen molar-refractivity contribution in [3.8, 4) is 5.75 Å². The lowest BCUT2D eigenvalue weighted by molar-refractivity contribution is -0.254. The molecule has 1 N–H and O–H groups in total. The van der Waals surface area contributed by atoms with Crippen LogP contribution in [0.4, 0.5) is 5.69 Å². The van der Waals surface area contributed by atoms with Crippen LogP contribution in [0.5, 0.6) is 5.75 Å². The van der Waals surface area contributed by atoms with Gasteiger partial charge in [0.05, 0.1) is 17.5 Å². The number of thioether (sulfide) groups is 1. The number of aromatic carboxylic acids is 1. The second-order valence-corrected chi connectivity index (χ2v) is 8.14. The van der Waals surface area contributed by atoms with Gasteiger partial charge in [0.25, 0.3) is 5.91 Å². The molecule has 3 rings (SSSR count). The molecule has 0 saturated carbocycles. The molecule has 7 nitrogen and oxygen atoms in total. The maximum absolute atomic E-state index is 12.7. The Morgan fingerprint density at radius 3 is 2.58 bits per heavy atom. The van der Waals surface area contributed by atoms with Gasteiger partial charge in [0, 0.05) is 24.2 Å². The molecule has 2 aromatic carbocycles. The van der Waals surface area contributed by atoms with E-state index in [1.54, 1.807) is 12.1 Å². The van der Waals surface area contributed by atoms with E-state index in [4.69, 9.17) is 17.0 Å². The fraction of sp³-hybridized carbons (Fsp3) is 0.182. The number of amides is 2. The molecule has 0 atom stereocenters. The fourth-order valence-corrected chi connectivity index (χ4v) is 4.18. The highest BCUT2D eigenvalue weighted by Crippen LogP contribution is 2.33. The number of hydrogen-bond acceptors (Lipinski definition) is 7. The molecular formula is C22H19N2O5S2-. The van der Waals surface area contributed by atoms with E-state index in [-0.39, 0.29) is 30.1 Å². The summed E-state index contributed by atoms with van der Waals surface area (Å²) in [7, 11) is 0. The number of carboxylic acids is 1. The number of nitrogens with zero attached hydrogens (tertiary/aromatic N) is 1. The van der Waals surface area contributed by atoms with Gasteiger partial charge in [-0.25, -0.2) is 0 Å². The maximum atomic E-state index is 12.7. The predicted molar refractivity (Wildman–Crippen MR) is 122 cm³/mol. The summed E-state index contributed by atoms with van der Waals surface area (Å²) in [5.74, 6) is -1.34. The minimum atomic E-state index is -1.38. The van der Waals surface area contributed by atoms with E-state index < -0.39 is 11.9 Å². The van der Waals surface area contributed by atoms with Gasteiger partial charge in [-0.3, -0.25) is 14.5 Å². The van der Waals surface area contributed by atoms with Gasteiger partial charge in [0.1, 0.15) is 10.1 Å². The van der Waals surface area contributed by atoms with Gasteiger partial charge in [-0.15, -0.1) is 0 Å². The molecule has 2 aromatic rings. The summed E-state index contributed by atoms with van der Waals surface area (Å²) in [5, 5.41) is 13.7. The number of ether oxygens (including phenoxy) is 1. The highest BCUT2D eigenvalue weighted by Gasteiger charge is 2.32. The molecule has 2 amide bonds. The summed E-state index contributed by atoms with van der Waals surface area (Å²) in [4.78, 5) is 38.0. The first kappa shape index (κ1) is 22.5.